The summed E-state index contributed by atoms with van der Waals surface area (Å²) >= 11 is 0. The Morgan fingerprint density at radius 3 is 2.63 bits per heavy atom. The van der Waals surface area contributed by atoms with Gasteiger partial charge in [0.05, 0.1) is 13.2 Å². The molecule has 0 aromatic heterocycles. The third-order valence-electron chi connectivity index (χ3n) is 2.61. The van der Waals surface area contributed by atoms with Gasteiger partial charge in [0.1, 0.15) is 5.75 Å². The van der Waals surface area contributed by atoms with Gasteiger partial charge in [-0.25, -0.2) is 0 Å². The molecule has 0 bridgehead atoms. The minimum absolute atomic E-state index is 0.0899. The molecule has 0 fully saturated rings. The van der Waals surface area contributed by atoms with Crippen molar-refractivity contribution in [1.29, 1.82) is 0 Å². The van der Waals surface area contributed by atoms with Crippen molar-refractivity contribution in [3.8, 4) is 5.75 Å². The van der Waals surface area contributed by atoms with E-state index in [1.54, 1.807) is 30.1 Å². The van der Waals surface area contributed by atoms with Gasteiger partial charge in [-0.3, -0.25) is 4.79 Å². The summed E-state index contributed by atoms with van der Waals surface area (Å²) in [6, 6.07) is 5.07. The van der Waals surface area contributed by atoms with Crippen LogP contribution in [-0.4, -0.2) is 44.2 Å². The Kier molecular flexibility index (Phi) is 6.15. The predicted molar refractivity (Wildman–Crippen MR) is 75.5 cm³/mol. The molecule has 1 amide bonds. The van der Waals surface area contributed by atoms with Gasteiger partial charge >= 0.3 is 0 Å². The first-order valence-corrected chi connectivity index (χ1v) is 6.45. The number of rotatable bonds is 7. The number of carbonyl (C=O) groups excluding carboxylic acids is 1. The van der Waals surface area contributed by atoms with Gasteiger partial charge in [-0.1, -0.05) is 0 Å². The zero-order chi connectivity index (χ0) is 14.3. The lowest BCUT2D eigenvalue weighted by Gasteiger charge is -2.17. The second-order valence-corrected chi connectivity index (χ2v) is 4.15. The summed E-state index contributed by atoms with van der Waals surface area (Å²) in [7, 11) is 1.74. The minimum Gasteiger partial charge on any atom is -0.494 e. The summed E-state index contributed by atoms with van der Waals surface area (Å²) < 4.78 is 10.6. The third-order valence-corrected chi connectivity index (χ3v) is 2.61. The quantitative estimate of drug-likeness (QED) is 0.603. The van der Waals surface area contributed by atoms with Crippen molar-refractivity contribution < 1.29 is 14.3 Å². The van der Waals surface area contributed by atoms with Crippen LogP contribution in [0, 0.1) is 0 Å². The molecule has 0 aliphatic carbocycles. The third kappa shape index (κ3) is 4.79. The van der Waals surface area contributed by atoms with Crippen molar-refractivity contribution in [3.63, 3.8) is 0 Å². The molecule has 1 aromatic rings. The average molecular weight is 266 g/mol. The van der Waals surface area contributed by atoms with Crippen LogP contribution in [0.4, 0.5) is 5.69 Å². The monoisotopic (exact) mass is 266 g/mol. The zero-order valence-corrected chi connectivity index (χ0v) is 11.8. The minimum atomic E-state index is -0.0899. The van der Waals surface area contributed by atoms with Crippen LogP contribution >= 0.6 is 0 Å². The smallest absolute Gasteiger partial charge is 0.253 e. The molecule has 0 heterocycles. The lowest BCUT2D eigenvalue weighted by Crippen LogP contribution is -2.30. The SMILES string of the molecule is CCOCCN(C)C(=O)c1cc(N)cc(OCC)c1. The van der Waals surface area contributed by atoms with Crippen LogP contribution in [0.25, 0.3) is 0 Å². The van der Waals surface area contributed by atoms with Crippen LogP contribution in [-0.2, 0) is 4.74 Å². The molecule has 1 aromatic carbocycles. The standard InChI is InChI=1S/C14H22N2O3/c1-4-18-7-6-16(3)14(17)11-8-12(15)10-13(9-11)19-5-2/h8-10H,4-7,15H2,1-3H3. The second kappa shape index (κ2) is 7.63. The number of anilines is 1. The van der Waals surface area contributed by atoms with Crippen LogP contribution in [0.1, 0.15) is 24.2 Å². The van der Waals surface area contributed by atoms with E-state index in [0.717, 1.165) is 0 Å². The molecule has 2 N–H and O–H groups in total. The number of hydrogen-bond donors (Lipinski definition) is 1. The van der Waals surface area contributed by atoms with Crippen LogP contribution in [0.15, 0.2) is 18.2 Å². The second-order valence-electron chi connectivity index (χ2n) is 4.15. The van der Waals surface area contributed by atoms with Gasteiger partial charge in [-0.05, 0) is 26.0 Å². The summed E-state index contributed by atoms with van der Waals surface area (Å²) in [5, 5.41) is 0. The molecule has 0 spiro atoms. The Morgan fingerprint density at radius 1 is 1.26 bits per heavy atom. The molecule has 0 unspecified atom stereocenters. The first-order valence-electron chi connectivity index (χ1n) is 6.45. The summed E-state index contributed by atoms with van der Waals surface area (Å²) in [6.45, 7) is 6.07. The highest BCUT2D eigenvalue weighted by Gasteiger charge is 2.13. The lowest BCUT2D eigenvalue weighted by atomic mass is 10.1. The highest BCUT2D eigenvalue weighted by atomic mass is 16.5. The fourth-order valence-electron chi connectivity index (χ4n) is 1.66. The van der Waals surface area contributed by atoms with Crippen molar-refractivity contribution in [2.45, 2.75) is 13.8 Å². The van der Waals surface area contributed by atoms with Crippen LogP contribution in [0.5, 0.6) is 5.75 Å². The van der Waals surface area contributed by atoms with Crippen molar-refractivity contribution in [3.05, 3.63) is 23.8 Å². The molecule has 0 aliphatic rings. The lowest BCUT2D eigenvalue weighted by molar-refractivity contribution is 0.0709. The molecule has 106 valence electrons. The molecule has 0 radical (unpaired) electrons. The molecule has 1 rings (SSSR count). The molecule has 0 aliphatic heterocycles. The highest BCUT2D eigenvalue weighted by Crippen LogP contribution is 2.19. The fraction of sp³-hybridized carbons (Fsp3) is 0.500. The van der Waals surface area contributed by atoms with Crippen LogP contribution in [0.3, 0.4) is 0 Å². The zero-order valence-electron chi connectivity index (χ0n) is 11.8. The molecular weight excluding hydrogens is 244 g/mol. The maximum atomic E-state index is 12.2. The number of nitrogen functional groups attached to an aromatic ring is 1. The van der Waals surface area contributed by atoms with E-state index >= 15 is 0 Å². The number of ether oxygens (including phenoxy) is 2. The van der Waals surface area contributed by atoms with E-state index in [4.69, 9.17) is 15.2 Å². The summed E-state index contributed by atoms with van der Waals surface area (Å²) in [5.74, 6) is 0.525. The molecule has 0 atom stereocenters. The molecule has 5 heteroatoms. The summed E-state index contributed by atoms with van der Waals surface area (Å²) in [5.41, 5.74) is 6.82. The maximum absolute atomic E-state index is 12.2. The van der Waals surface area contributed by atoms with E-state index in [9.17, 15) is 4.79 Å². The summed E-state index contributed by atoms with van der Waals surface area (Å²) in [4.78, 5) is 13.8. The van der Waals surface area contributed by atoms with Crippen molar-refractivity contribution in [2.75, 3.05) is 39.1 Å². The predicted octanol–water partition coefficient (Wildman–Crippen LogP) is 1.78. The van der Waals surface area contributed by atoms with E-state index in [2.05, 4.69) is 0 Å². The van der Waals surface area contributed by atoms with Gasteiger partial charge in [-0.15, -0.1) is 0 Å². The van der Waals surface area contributed by atoms with Gasteiger partial charge in [0, 0.05) is 37.5 Å². The molecule has 19 heavy (non-hydrogen) atoms. The van der Waals surface area contributed by atoms with Crippen molar-refractivity contribution in [1.82, 2.24) is 4.90 Å². The Balaban J connectivity index is 2.74. The molecule has 0 saturated heterocycles. The Bertz CT molecular complexity index is 421. The van der Waals surface area contributed by atoms with E-state index in [0.29, 0.717) is 43.4 Å². The number of amides is 1. The van der Waals surface area contributed by atoms with Gasteiger partial charge in [0.25, 0.3) is 5.91 Å². The topological polar surface area (TPSA) is 64.8 Å². The number of carbonyl (C=O) groups is 1. The molecule has 5 nitrogen and oxygen atoms in total. The summed E-state index contributed by atoms with van der Waals surface area (Å²) in [6.07, 6.45) is 0. The number of benzene rings is 1. The number of nitrogens with zero attached hydrogens (tertiary/aromatic N) is 1. The highest BCUT2D eigenvalue weighted by molar-refractivity contribution is 5.95. The first-order chi connectivity index (χ1) is 9.08. The van der Waals surface area contributed by atoms with Crippen LogP contribution < -0.4 is 10.5 Å². The number of nitrogens with two attached hydrogens (primary N) is 1. The molecule has 0 saturated carbocycles. The molecular formula is C14H22N2O3. The fourth-order valence-corrected chi connectivity index (χ4v) is 1.66. The number of hydrogen-bond acceptors (Lipinski definition) is 4. The Hall–Kier alpha value is -1.75. The normalized spacial score (nSPS) is 10.3. The van der Waals surface area contributed by atoms with E-state index in [1.807, 2.05) is 13.8 Å². The average Bonchev–Trinajstić information content (AvgIpc) is 2.37. The van der Waals surface area contributed by atoms with Gasteiger partial charge in [-0.2, -0.15) is 0 Å². The Labute approximate surface area is 114 Å². The maximum Gasteiger partial charge on any atom is 0.253 e. The van der Waals surface area contributed by atoms with E-state index in [1.165, 1.54) is 0 Å². The first kappa shape index (κ1) is 15.3. The largest absolute Gasteiger partial charge is 0.494 e. The van der Waals surface area contributed by atoms with Gasteiger partial charge in [0.2, 0.25) is 0 Å². The number of likely N-dealkylation sites (N-methyl/N-ethyl adjacent to an activating group) is 1. The van der Waals surface area contributed by atoms with Crippen molar-refractivity contribution >= 4 is 11.6 Å². The van der Waals surface area contributed by atoms with E-state index in [-0.39, 0.29) is 5.91 Å². The van der Waals surface area contributed by atoms with Gasteiger partial charge in [0.15, 0.2) is 0 Å². The Morgan fingerprint density at radius 2 is 2.00 bits per heavy atom. The van der Waals surface area contributed by atoms with Crippen LogP contribution in [0.2, 0.25) is 0 Å². The van der Waals surface area contributed by atoms with Crippen molar-refractivity contribution in [2.24, 2.45) is 0 Å². The van der Waals surface area contributed by atoms with Gasteiger partial charge < -0.3 is 20.1 Å². The van der Waals surface area contributed by atoms with E-state index < -0.39 is 0 Å².